The Morgan fingerprint density at radius 1 is 0.935 bits per heavy atom. The summed E-state index contributed by atoms with van der Waals surface area (Å²) >= 11 is 6.30. The molecule has 0 spiro atoms. The van der Waals surface area contributed by atoms with E-state index >= 15 is 0 Å². The highest BCUT2D eigenvalue weighted by molar-refractivity contribution is 6.30. The molecule has 8 heteroatoms. The molecule has 158 valence electrons. The Bertz CT molecular complexity index is 1250. The molecule has 0 bridgehead atoms. The highest BCUT2D eigenvalue weighted by atomic mass is 35.5. The van der Waals surface area contributed by atoms with Gasteiger partial charge < -0.3 is 0 Å². The van der Waals surface area contributed by atoms with Crippen molar-refractivity contribution in [2.75, 3.05) is 7.05 Å². The number of hydrogen-bond acceptors (Lipinski definition) is 5. The second-order valence-corrected chi connectivity index (χ2v) is 9.22. The van der Waals surface area contributed by atoms with Crippen molar-refractivity contribution in [1.82, 2.24) is 34.7 Å². The summed E-state index contributed by atoms with van der Waals surface area (Å²) in [4.78, 5) is 2.26. The number of rotatable bonds is 2. The molecule has 0 radical (unpaired) electrons. The molecular formula is C23H24ClN7. The van der Waals surface area contributed by atoms with Crippen LogP contribution in [0.3, 0.4) is 0 Å². The van der Waals surface area contributed by atoms with Gasteiger partial charge in [0.25, 0.3) is 0 Å². The van der Waals surface area contributed by atoms with Crippen LogP contribution in [0, 0.1) is 0 Å². The molecule has 2 aliphatic rings. The maximum atomic E-state index is 6.30. The van der Waals surface area contributed by atoms with Gasteiger partial charge in [0.05, 0.1) is 23.8 Å². The zero-order valence-corrected chi connectivity index (χ0v) is 18.2. The molecule has 1 fully saturated rings. The highest BCUT2D eigenvalue weighted by Gasteiger charge is 2.31. The summed E-state index contributed by atoms with van der Waals surface area (Å²) in [6.45, 7) is 1.63. The third kappa shape index (κ3) is 3.23. The first-order chi connectivity index (χ1) is 15.2. The summed E-state index contributed by atoms with van der Waals surface area (Å²) in [7, 11) is 2.11. The van der Waals surface area contributed by atoms with Crippen LogP contribution in [0.15, 0.2) is 42.5 Å². The average Bonchev–Trinajstić information content (AvgIpc) is 3.35. The van der Waals surface area contributed by atoms with Gasteiger partial charge in [0.2, 0.25) is 0 Å². The van der Waals surface area contributed by atoms with Gasteiger partial charge in [-0.1, -0.05) is 28.9 Å². The molecule has 2 aromatic heterocycles. The Hall–Kier alpha value is -2.77. The van der Waals surface area contributed by atoms with Gasteiger partial charge in [0, 0.05) is 17.5 Å². The zero-order chi connectivity index (χ0) is 20.9. The van der Waals surface area contributed by atoms with E-state index in [1.54, 1.807) is 0 Å². The van der Waals surface area contributed by atoms with Crippen molar-refractivity contribution in [3.63, 3.8) is 0 Å². The minimum absolute atomic E-state index is 0.382. The molecule has 6 rings (SSSR count). The van der Waals surface area contributed by atoms with Crippen LogP contribution in [-0.2, 0) is 13.1 Å². The summed E-state index contributed by atoms with van der Waals surface area (Å²) in [6.07, 6.45) is 4.26. The molecule has 2 aromatic carbocycles. The van der Waals surface area contributed by atoms with Gasteiger partial charge in [-0.25, -0.2) is 4.68 Å². The van der Waals surface area contributed by atoms with Crippen molar-refractivity contribution in [3.05, 3.63) is 64.7 Å². The minimum Gasteiger partial charge on any atom is -0.295 e. The predicted molar refractivity (Wildman–Crippen MR) is 119 cm³/mol. The summed E-state index contributed by atoms with van der Waals surface area (Å²) in [5.41, 5.74) is 4.47. The van der Waals surface area contributed by atoms with Gasteiger partial charge in [0.15, 0.2) is 5.82 Å². The lowest BCUT2D eigenvalue weighted by Gasteiger charge is -2.28. The van der Waals surface area contributed by atoms with E-state index in [-0.39, 0.29) is 0 Å². The van der Waals surface area contributed by atoms with E-state index in [1.807, 2.05) is 18.2 Å². The van der Waals surface area contributed by atoms with Crippen molar-refractivity contribution in [2.45, 2.75) is 50.7 Å². The van der Waals surface area contributed by atoms with Gasteiger partial charge in [-0.05, 0) is 68.6 Å². The number of aromatic nitrogens is 6. The average molecular weight is 434 g/mol. The quantitative estimate of drug-likeness (QED) is 0.465. The third-order valence-corrected chi connectivity index (χ3v) is 6.91. The molecule has 31 heavy (non-hydrogen) atoms. The van der Waals surface area contributed by atoms with Crippen molar-refractivity contribution < 1.29 is 0 Å². The van der Waals surface area contributed by atoms with Crippen LogP contribution in [0.1, 0.15) is 54.9 Å². The summed E-state index contributed by atoms with van der Waals surface area (Å²) < 4.78 is 4.40. The first-order valence-corrected chi connectivity index (χ1v) is 11.3. The standard InChI is InChI=1S/C23H24ClN7/c1-29-13-16-12-17(24)8-11-20(16)30-22(14-29)26-27-23(30)15-6-9-18(10-7-15)31-21-5-3-2-4-19(21)25-28-31/h2-5,8,11-12,15,18H,6-7,9-10,13-14H2,1H3. The lowest BCUT2D eigenvalue weighted by molar-refractivity contribution is 0.298. The number of benzene rings is 2. The molecular weight excluding hydrogens is 410 g/mol. The molecule has 7 nitrogen and oxygen atoms in total. The summed E-state index contributed by atoms with van der Waals surface area (Å²) in [5, 5.41) is 18.8. The van der Waals surface area contributed by atoms with Crippen LogP contribution in [0.2, 0.25) is 5.02 Å². The van der Waals surface area contributed by atoms with E-state index < -0.39 is 0 Å². The van der Waals surface area contributed by atoms with Crippen molar-refractivity contribution in [2.24, 2.45) is 0 Å². The third-order valence-electron chi connectivity index (χ3n) is 6.67. The summed E-state index contributed by atoms with van der Waals surface area (Å²) in [5.74, 6) is 2.47. The van der Waals surface area contributed by atoms with Crippen LogP contribution < -0.4 is 0 Å². The van der Waals surface area contributed by atoms with E-state index in [4.69, 9.17) is 11.6 Å². The molecule has 1 aliphatic carbocycles. The fraction of sp³-hybridized carbons (Fsp3) is 0.391. The Labute approximate surface area is 185 Å². The maximum Gasteiger partial charge on any atom is 0.151 e. The SMILES string of the molecule is CN1Cc2cc(Cl)ccc2-n2c(nnc2C2CCC(n3nnc4ccccc43)CC2)C1. The van der Waals surface area contributed by atoms with Gasteiger partial charge in [0.1, 0.15) is 11.3 Å². The Morgan fingerprint density at radius 2 is 1.77 bits per heavy atom. The molecule has 0 N–H and O–H groups in total. The lowest BCUT2D eigenvalue weighted by Crippen LogP contribution is -2.20. The Balaban J connectivity index is 1.30. The molecule has 1 aliphatic heterocycles. The van der Waals surface area contributed by atoms with Crippen LogP contribution in [0.25, 0.3) is 16.7 Å². The van der Waals surface area contributed by atoms with Gasteiger partial charge in [-0.15, -0.1) is 15.3 Å². The van der Waals surface area contributed by atoms with Gasteiger partial charge in [-0.3, -0.25) is 9.47 Å². The number of halogens is 1. The first-order valence-electron chi connectivity index (χ1n) is 10.9. The maximum absolute atomic E-state index is 6.30. The molecule has 1 saturated carbocycles. The highest BCUT2D eigenvalue weighted by Crippen LogP contribution is 2.40. The van der Waals surface area contributed by atoms with Crippen molar-refractivity contribution in [3.8, 4) is 5.69 Å². The molecule has 0 unspecified atom stereocenters. The van der Waals surface area contributed by atoms with Crippen LogP contribution in [0.4, 0.5) is 0 Å². The fourth-order valence-corrected chi connectivity index (χ4v) is 5.38. The number of nitrogens with zero attached hydrogens (tertiary/aromatic N) is 7. The van der Waals surface area contributed by atoms with Crippen molar-refractivity contribution >= 4 is 22.6 Å². The lowest BCUT2D eigenvalue weighted by atomic mass is 9.85. The zero-order valence-electron chi connectivity index (χ0n) is 17.4. The normalized spacial score (nSPS) is 21.6. The minimum atomic E-state index is 0.382. The Kier molecular flexibility index (Phi) is 4.54. The fourth-order valence-electron chi connectivity index (χ4n) is 5.18. The largest absolute Gasteiger partial charge is 0.295 e. The van der Waals surface area contributed by atoms with Gasteiger partial charge in [-0.2, -0.15) is 0 Å². The molecule has 4 aromatic rings. The molecule has 3 heterocycles. The summed E-state index contributed by atoms with van der Waals surface area (Å²) in [6, 6.07) is 14.7. The van der Waals surface area contributed by atoms with E-state index in [0.717, 1.165) is 72.2 Å². The first kappa shape index (κ1) is 19.0. The van der Waals surface area contributed by atoms with Crippen LogP contribution >= 0.6 is 11.6 Å². The monoisotopic (exact) mass is 433 g/mol. The smallest absolute Gasteiger partial charge is 0.151 e. The van der Waals surface area contributed by atoms with Crippen LogP contribution in [-0.4, -0.2) is 41.7 Å². The number of hydrogen-bond donors (Lipinski definition) is 0. The number of fused-ring (bicyclic) bond motifs is 4. The van der Waals surface area contributed by atoms with E-state index in [1.165, 1.54) is 5.56 Å². The van der Waals surface area contributed by atoms with Crippen LogP contribution in [0.5, 0.6) is 0 Å². The molecule has 0 amide bonds. The second kappa shape index (κ2) is 7.43. The van der Waals surface area contributed by atoms with E-state index in [0.29, 0.717) is 12.0 Å². The molecule has 0 saturated heterocycles. The topological polar surface area (TPSA) is 64.7 Å². The predicted octanol–water partition coefficient (Wildman–Crippen LogP) is 4.51. The van der Waals surface area contributed by atoms with Gasteiger partial charge >= 0.3 is 0 Å². The van der Waals surface area contributed by atoms with E-state index in [2.05, 4.69) is 66.0 Å². The van der Waals surface area contributed by atoms with Crippen molar-refractivity contribution in [1.29, 1.82) is 0 Å². The molecule has 0 atom stereocenters. The second-order valence-electron chi connectivity index (χ2n) is 8.78. The Morgan fingerprint density at radius 3 is 2.65 bits per heavy atom. The number of para-hydroxylation sites is 1. The van der Waals surface area contributed by atoms with E-state index in [9.17, 15) is 0 Å².